The lowest BCUT2D eigenvalue weighted by Gasteiger charge is -2.42. The molecular formula is C12H14N2O. The number of nitriles is 1. The summed E-state index contributed by atoms with van der Waals surface area (Å²) in [6.45, 7) is 0.132. The second-order valence-electron chi connectivity index (χ2n) is 4.07. The van der Waals surface area contributed by atoms with Gasteiger partial charge in [0.2, 0.25) is 0 Å². The van der Waals surface area contributed by atoms with Gasteiger partial charge in [0.15, 0.2) is 0 Å². The Morgan fingerprint density at radius 3 is 2.67 bits per heavy atom. The normalized spacial score (nSPS) is 17.6. The molecule has 3 heteroatoms. The minimum atomic E-state index is -0.188. The monoisotopic (exact) mass is 202 g/mol. The first-order chi connectivity index (χ1) is 7.29. The van der Waals surface area contributed by atoms with E-state index < -0.39 is 0 Å². The summed E-state index contributed by atoms with van der Waals surface area (Å²) in [6.07, 6.45) is 3.09. The molecule has 0 amide bonds. The van der Waals surface area contributed by atoms with Crippen LogP contribution in [0.25, 0.3) is 0 Å². The van der Waals surface area contributed by atoms with E-state index in [0.717, 1.165) is 24.9 Å². The second kappa shape index (κ2) is 3.92. The molecule has 0 saturated heterocycles. The Morgan fingerprint density at radius 1 is 1.40 bits per heavy atom. The maximum atomic E-state index is 9.32. The van der Waals surface area contributed by atoms with Crippen LogP contribution in [0.2, 0.25) is 0 Å². The van der Waals surface area contributed by atoms with E-state index >= 15 is 0 Å². The van der Waals surface area contributed by atoms with Crippen LogP contribution in [0.4, 0.5) is 5.69 Å². The molecule has 0 bridgehead atoms. The zero-order valence-electron chi connectivity index (χ0n) is 8.53. The van der Waals surface area contributed by atoms with Gasteiger partial charge in [-0.2, -0.15) is 5.26 Å². The topological polar surface area (TPSA) is 56.0 Å². The standard InChI is InChI=1S/C12H14N2O/c13-8-10-4-1-2-5-11(10)14-12(9-15)6-3-7-12/h1-2,4-5,14-15H,3,6-7,9H2. The average molecular weight is 202 g/mol. The summed E-state index contributed by atoms with van der Waals surface area (Å²) in [6, 6.07) is 9.55. The highest BCUT2D eigenvalue weighted by Gasteiger charge is 2.36. The third-order valence-electron chi connectivity index (χ3n) is 3.06. The molecule has 0 spiro atoms. The number of hydrogen-bond donors (Lipinski definition) is 2. The zero-order valence-corrected chi connectivity index (χ0v) is 8.53. The van der Waals surface area contributed by atoms with Gasteiger partial charge in [-0.15, -0.1) is 0 Å². The molecule has 0 heterocycles. The Balaban J connectivity index is 2.20. The van der Waals surface area contributed by atoms with Gasteiger partial charge in [-0.05, 0) is 31.4 Å². The molecule has 2 N–H and O–H groups in total. The van der Waals surface area contributed by atoms with E-state index in [4.69, 9.17) is 5.26 Å². The van der Waals surface area contributed by atoms with Crippen molar-refractivity contribution in [2.75, 3.05) is 11.9 Å². The number of nitrogens with zero attached hydrogens (tertiary/aromatic N) is 1. The van der Waals surface area contributed by atoms with Crippen LogP contribution in [0.15, 0.2) is 24.3 Å². The Labute approximate surface area is 89.4 Å². The Hall–Kier alpha value is -1.53. The van der Waals surface area contributed by atoms with E-state index in [0.29, 0.717) is 5.56 Å². The van der Waals surface area contributed by atoms with Crippen molar-refractivity contribution < 1.29 is 5.11 Å². The molecule has 15 heavy (non-hydrogen) atoms. The molecule has 1 aliphatic carbocycles. The first-order valence-electron chi connectivity index (χ1n) is 5.18. The van der Waals surface area contributed by atoms with Gasteiger partial charge >= 0.3 is 0 Å². The van der Waals surface area contributed by atoms with Gasteiger partial charge in [0, 0.05) is 0 Å². The maximum Gasteiger partial charge on any atom is 0.101 e. The Morgan fingerprint density at radius 2 is 2.13 bits per heavy atom. The molecule has 0 aliphatic heterocycles. The Kier molecular flexibility index (Phi) is 2.61. The van der Waals surface area contributed by atoms with E-state index in [1.165, 1.54) is 0 Å². The van der Waals surface area contributed by atoms with Crippen molar-refractivity contribution in [1.29, 1.82) is 5.26 Å². The number of aliphatic hydroxyl groups is 1. The van der Waals surface area contributed by atoms with Gasteiger partial charge < -0.3 is 10.4 Å². The number of nitrogens with one attached hydrogen (secondary N) is 1. The quantitative estimate of drug-likeness (QED) is 0.786. The van der Waals surface area contributed by atoms with E-state index in [1.807, 2.05) is 18.2 Å². The summed E-state index contributed by atoms with van der Waals surface area (Å²) in [5, 5.41) is 21.5. The van der Waals surface area contributed by atoms with Crippen LogP contribution in [0.5, 0.6) is 0 Å². The SMILES string of the molecule is N#Cc1ccccc1NC1(CO)CCC1. The fourth-order valence-electron chi connectivity index (χ4n) is 1.90. The second-order valence-corrected chi connectivity index (χ2v) is 4.07. The molecule has 1 fully saturated rings. The molecule has 0 unspecified atom stereocenters. The minimum absolute atomic E-state index is 0.132. The number of benzene rings is 1. The van der Waals surface area contributed by atoms with Crippen molar-refractivity contribution in [2.24, 2.45) is 0 Å². The van der Waals surface area contributed by atoms with Crippen molar-refractivity contribution in [2.45, 2.75) is 24.8 Å². The highest BCUT2D eigenvalue weighted by molar-refractivity contribution is 5.58. The highest BCUT2D eigenvalue weighted by Crippen LogP contribution is 2.35. The fraction of sp³-hybridized carbons (Fsp3) is 0.417. The zero-order chi connectivity index (χ0) is 10.7. The van der Waals surface area contributed by atoms with E-state index in [9.17, 15) is 5.11 Å². The molecule has 1 saturated carbocycles. The van der Waals surface area contributed by atoms with Gasteiger partial charge in [-0.25, -0.2) is 0 Å². The van der Waals surface area contributed by atoms with Crippen LogP contribution in [0.1, 0.15) is 24.8 Å². The maximum absolute atomic E-state index is 9.32. The molecule has 3 nitrogen and oxygen atoms in total. The number of anilines is 1. The number of rotatable bonds is 3. The van der Waals surface area contributed by atoms with Crippen LogP contribution in [-0.4, -0.2) is 17.3 Å². The first kappa shape index (κ1) is 10.0. The average Bonchev–Trinajstić information content (AvgIpc) is 2.24. The summed E-state index contributed by atoms with van der Waals surface area (Å²) >= 11 is 0. The van der Waals surface area contributed by atoms with Gasteiger partial charge in [0.25, 0.3) is 0 Å². The first-order valence-corrected chi connectivity index (χ1v) is 5.18. The molecule has 1 aromatic carbocycles. The third kappa shape index (κ3) is 1.81. The lowest BCUT2D eigenvalue weighted by atomic mass is 9.77. The lowest BCUT2D eigenvalue weighted by Crippen LogP contribution is -2.48. The number of para-hydroxylation sites is 1. The predicted molar refractivity (Wildman–Crippen MR) is 58.4 cm³/mol. The van der Waals surface area contributed by atoms with E-state index in [2.05, 4.69) is 11.4 Å². The fourth-order valence-corrected chi connectivity index (χ4v) is 1.90. The van der Waals surface area contributed by atoms with Gasteiger partial charge in [-0.3, -0.25) is 0 Å². The Bertz CT molecular complexity index is 385. The molecule has 1 aromatic rings. The van der Waals surface area contributed by atoms with Crippen molar-refractivity contribution >= 4 is 5.69 Å². The van der Waals surface area contributed by atoms with Gasteiger partial charge in [0.1, 0.15) is 6.07 Å². The van der Waals surface area contributed by atoms with E-state index in [-0.39, 0.29) is 12.1 Å². The van der Waals surface area contributed by atoms with Crippen molar-refractivity contribution in [3.05, 3.63) is 29.8 Å². The molecule has 1 aliphatic rings. The van der Waals surface area contributed by atoms with Crippen LogP contribution in [0, 0.1) is 11.3 Å². The molecule has 2 rings (SSSR count). The molecule has 0 radical (unpaired) electrons. The summed E-state index contributed by atoms with van der Waals surface area (Å²) in [4.78, 5) is 0. The van der Waals surface area contributed by atoms with Crippen LogP contribution < -0.4 is 5.32 Å². The van der Waals surface area contributed by atoms with Gasteiger partial charge in [-0.1, -0.05) is 12.1 Å². The smallest absolute Gasteiger partial charge is 0.101 e. The largest absolute Gasteiger partial charge is 0.394 e. The van der Waals surface area contributed by atoms with Crippen LogP contribution >= 0.6 is 0 Å². The van der Waals surface area contributed by atoms with Crippen LogP contribution in [-0.2, 0) is 0 Å². The summed E-state index contributed by atoms with van der Waals surface area (Å²) in [5.41, 5.74) is 1.28. The minimum Gasteiger partial charge on any atom is -0.394 e. The number of aliphatic hydroxyl groups excluding tert-OH is 1. The summed E-state index contributed by atoms with van der Waals surface area (Å²) in [5.74, 6) is 0. The van der Waals surface area contributed by atoms with Crippen molar-refractivity contribution in [3.8, 4) is 6.07 Å². The highest BCUT2D eigenvalue weighted by atomic mass is 16.3. The molecule has 0 aromatic heterocycles. The molecular weight excluding hydrogens is 188 g/mol. The molecule has 0 atom stereocenters. The molecule has 78 valence electrons. The number of hydrogen-bond acceptors (Lipinski definition) is 3. The van der Waals surface area contributed by atoms with Crippen molar-refractivity contribution in [1.82, 2.24) is 0 Å². The predicted octanol–water partition coefficient (Wildman–Crippen LogP) is 1.89. The van der Waals surface area contributed by atoms with E-state index in [1.54, 1.807) is 6.07 Å². The van der Waals surface area contributed by atoms with Gasteiger partial charge in [0.05, 0.1) is 23.4 Å². The summed E-state index contributed by atoms with van der Waals surface area (Å²) < 4.78 is 0. The lowest BCUT2D eigenvalue weighted by molar-refractivity contribution is 0.144. The summed E-state index contributed by atoms with van der Waals surface area (Å²) in [7, 11) is 0. The third-order valence-corrected chi connectivity index (χ3v) is 3.06. The van der Waals surface area contributed by atoms with Crippen LogP contribution in [0.3, 0.4) is 0 Å². The van der Waals surface area contributed by atoms with Crippen molar-refractivity contribution in [3.63, 3.8) is 0 Å².